The van der Waals surface area contributed by atoms with Crippen molar-refractivity contribution in [1.82, 2.24) is 4.90 Å². The normalized spacial score (nSPS) is 20.2. The number of hydrogen-bond donors (Lipinski definition) is 0. The van der Waals surface area contributed by atoms with Crippen LogP contribution in [0.1, 0.15) is 36.8 Å². The molecule has 3 aromatic carbocycles. The fraction of sp³-hybridized carbons (Fsp3) is 0.345. The van der Waals surface area contributed by atoms with Crippen LogP contribution in [-0.4, -0.2) is 38.5 Å². The summed E-state index contributed by atoms with van der Waals surface area (Å²) in [6.07, 6.45) is 2.01. The summed E-state index contributed by atoms with van der Waals surface area (Å²) in [5.74, 6) is -0.954. The lowest BCUT2D eigenvalue weighted by Gasteiger charge is -2.44. The molecule has 39 heavy (non-hydrogen) atoms. The third-order valence-corrected chi connectivity index (χ3v) is 10.6. The van der Waals surface area contributed by atoms with Crippen LogP contribution in [-0.2, 0) is 26.8 Å². The van der Waals surface area contributed by atoms with Gasteiger partial charge in [0.1, 0.15) is 18.2 Å². The zero-order valence-corrected chi connectivity index (χ0v) is 23.4. The van der Waals surface area contributed by atoms with Crippen LogP contribution in [0.3, 0.4) is 0 Å². The largest absolute Gasteiger partial charge is 0.445 e. The highest BCUT2D eigenvalue weighted by atomic mass is 79.9. The maximum absolute atomic E-state index is 15.9. The van der Waals surface area contributed by atoms with Crippen LogP contribution in [0.15, 0.2) is 76.1 Å². The van der Waals surface area contributed by atoms with Gasteiger partial charge in [0.05, 0.1) is 21.1 Å². The second-order valence-corrected chi connectivity index (χ2v) is 13.1. The minimum atomic E-state index is -4.12. The summed E-state index contributed by atoms with van der Waals surface area (Å²) >= 11 is 3.30. The molecule has 6 rings (SSSR count). The number of fused-ring (bicyclic) bond motifs is 2. The Hall–Kier alpha value is -2.98. The zero-order chi connectivity index (χ0) is 27.4. The second-order valence-electron chi connectivity index (χ2n) is 10.5. The lowest BCUT2D eigenvalue weighted by atomic mass is 9.68. The smallest absolute Gasteiger partial charge is 0.410 e. The first-order chi connectivity index (χ1) is 18.7. The number of ether oxygens (including phenoxy) is 1. The molecular weight excluding hydrogens is 590 g/mol. The summed E-state index contributed by atoms with van der Waals surface area (Å²) in [5.41, 5.74) is 0.758. The summed E-state index contributed by atoms with van der Waals surface area (Å²) in [4.78, 5) is 14.5. The Kier molecular flexibility index (Phi) is 6.66. The zero-order valence-electron chi connectivity index (χ0n) is 21.0. The number of halogens is 3. The van der Waals surface area contributed by atoms with Crippen molar-refractivity contribution in [1.29, 1.82) is 0 Å². The number of amides is 1. The quantitative estimate of drug-likeness (QED) is 0.333. The Bertz CT molecular complexity index is 1510. The molecule has 2 fully saturated rings. The third kappa shape index (κ3) is 4.51. The first-order valence-corrected chi connectivity index (χ1v) is 15.2. The van der Waals surface area contributed by atoms with Gasteiger partial charge in [0.25, 0.3) is 10.0 Å². The Balaban J connectivity index is 1.34. The summed E-state index contributed by atoms with van der Waals surface area (Å²) in [5, 5.41) is 0. The standard InChI is InChI=1S/C29H27BrF2N2O4S/c30-23-12-13-24-25(26(23)32)29(14-16-33(17-15-29)28(35)38-18-19-4-2-1-3-5-19)27(20-6-7-20)34(24)39(36,37)22-10-8-21(31)9-11-22/h1-5,8-13,20,27H,6-7,14-18H2. The Morgan fingerprint density at radius 3 is 2.28 bits per heavy atom. The van der Waals surface area contributed by atoms with Gasteiger partial charge in [0, 0.05) is 24.1 Å². The molecule has 1 amide bonds. The van der Waals surface area contributed by atoms with Gasteiger partial charge in [-0.25, -0.2) is 22.0 Å². The van der Waals surface area contributed by atoms with Gasteiger partial charge in [-0.1, -0.05) is 30.3 Å². The number of rotatable bonds is 5. The van der Waals surface area contributed by atoms with E-state index in [1.165, 1.54) is 22.5 Å². The number of piperidine rings is 1. The highest BCUT2D eigenvalue weighted by molar-refractivity contribution is 9.10. The Morgan fingerprint density at radius 1 is 0.974 bits per heavy atom. The van der Waals surface area contributed by atoms with Gasteiger partial charge in [-0.3, -0.25) is 4.31 Å². The maximum atomic E-state index is 15.9. The maximum Gasteiger partial charge on any atom is 0.410 e. The number of carbonyl (C=O) groups is 1. The average molecular weight is 618 g/mol. The van der Waals surface area contributed by atoms with Gasteiger partial charge in [0.2, 0.25) is 0 Å². The van der Waals surface area contributed by atoms with E-state index in [1.54, 1.807) is 11.0 Å². The molecule has 3 aliphatic rings. The van der Waals surface area contributed by atoms with Crippen molar-refractivity contribution in [3.8, 4) is 0 Å². The number of carbonyl (C=O) groups excluding carboxylic acids is 1. The van der Waals surface area contributed by atoms with Crippen LogP contribution >= 0.6 is 15.9 Å². The molecule has 2 heterocycles. The Labute approximate surface area is 234 Å². The molecule has 204 valence electrons. The number of nitrogens with zero attached hydrogens (tertiary/aromatic N) is 2. The first-order valence-electron chi connectivity index (χ1n) is 13.0. The monoisotopic (exact) mass is 616 g/mol. The van der Waals surface area contributed by atoms with E-state index in [1.807, 2.05) is 30.3 Å². The van der Waals surface area contributed by atoms with Crippen molar-refractivity contribution in [2.75, 3.05) is 17.4 Å². The predicted octanol–water partition coefficient (Wildman–Crippen LogP) is 6.39. The highest BCUT2D eigenvalue weighted by Crippen LogP contribution is 2.60. The fourth-order valence-electron chi connectivity index (χ4n) is 6.22. The summed E-state index contributed by atoms with van der Waals surface area (Å²) in [6, 6.07) is 16.8. The van der Waals surface area contributed by atoms with Gasteiger partial charge in [-0.05, 0) is 89.5 Å². The van der Waals surface area contributed by atoms with Crippen LogP contribution in [0.4, 0.5) is 19.3 Å². The number of benzene rings is 3. The van der Waals surface area contributed by atoms with Gasteiger partial charge in [-0.15, -0.1) is 0 Å². The molecule has 1 unspecified atom stereocenters. The topological polar surface area (TPSA) is 66.9 Å². The molecule has 0 N–H and O–H groups in total. The van der Waals surface area contributed by atoms with Gasteiger partial charge in [0.15, 0.2) is 0 Å². The SMILES string of the molecule is O=C(OCc1ccccc1)N1CCC2(CC1)c1c(ccc(Br)c1F)N(S(=O)(=O)c1ccc(F)cc1)C2C1CC1. The van der Waals surface area contributed by atoms with Crippen molar-refractivity contribution in [3.05, 3.63) is 94.0 Å². The van der Waals surface area contributed by atoms with E-state index in [4.69, 9.17) is 4.74 Å². The van der Waals surface area contributed by atoms with Crippen molar-refractivity contribution < 1.29 is 26.7 Å². The molecule has 0 bridgehead atoms. The molecule has 10 heteroatoms. The van der Waals surface area contributed by atoms with E-state index in [0.717, 1.165) is 30.5 Å². The summed E-state index contributed by atoms with van der Waals surface area (Å²) < 4.78 is 64.9. The van der Waals surface area contributed by atoms with E-state index in [-0.39, 0.29) is 21.9 Å². The predicted molar refractivity (Wildman–Crippen MR) is 146 cm³/mol. The fourth-order valence-corrected chi connectivity index (χ4v) is 8.34. The van der Waals surface area contributed by atoms with Crippen molar-refractivity contribution >= 4 is 37.7 Å². The van der Waals surface area contributed by atoms with E-state index >= 15 is 4.39 Å². The van der Waals surface area contributed by atoms with E-state index in [0.29, 0.717) is 37.2 Å². The molecule has 1 atom stereocenters. The minimum Gasteiger partial charge on any atom is -0.445 e. The van der Waals surface area contributed by atoms with Crippen LogP contribution in [0.5, 0.6) is 0 Å². The van der Waals surface area contributed by atoms with E-state index in [9.17, 15) is 17.6 Å². The highest BCUT2D eigenvalue weighted by Gasteiger charge is 2.61. The van der Waals surface area contributed by atoms with E-state index in [2.05, 4.69) is 15.9 Å². The van der Waals surface area contributed by atoms with Crippen molar-refractivity contribution in [2.45, 2.75) is 48.6 Å². The van der Waals surface area contributed by atoms with Crippen LogP contribution in [0.2, 0.25) is 0 Å². The lowest BCUT2D eigenvalue weighted by Crippen LogP contribution is -2.54. The number of likely N-dealkylation sites (tertiary alicyclic amines) is 1. The van der Waals surface area contributed by atoms with Gasteiger partial charge in [-0.2, -0.15) is 0 Å². The van der Waals surface area contributed by atoms with Crippen LogP contribution < -0.4 is 4.31 Å². The molecule has 2 aliphatic heterocycles. The molecule has 3 aromatic rings. The van der Waals surface area contributed by atoms with Gasteiger partial charge < -0.3 is 9.64 Å². The molecule has 0 radical (unpaired) electrons. The number of anilines is 1. The lowest BCUT2D eigenvalue weighted by molar-refractivity contribution is 0.0732. The van der Waals surface area contributed by atoms with Gasteiger partial charge >= 0.3 is 6.09 Å². The second kappa shape index (κ2) is 9.89. The first kappa shape index (κ1) is 26.3. The molecule has 1 saturated carbocycles. The molecule has 0 aromatic heterocycles. The van der Waals surface area contributed by atoms with E-state index < -0.39 is 39.2 Å². The molecule has 6 nitrogen and oxygen atoms in total. The molecule has 1 saturated heterocycles. The van der Waals surface area contributed by atoms with Crippen LogP contribution in [0.25, 0.3) is 0 Å². The molecule has 1 aliphatic carbocycles. The molecular formula is C29H27BrF2N2O4S. The van der Waals surface area contributed by atoms with Crippen molar-refractivity contribution in [2.24, 2.45) is 5.92 Å². The summed E-state index contributed by atoms with van der Waals surface area (Å²) in [6.45, 7) is 0.777. The molecule has 1 spiro atoms. The van der Waals surface area contributed by atoms with Crippen LogP contribution in [0, 0.1) is 17.6 Å². The van der Waals surface area contributed by atoms with Crippen molar-refractivity contribution in [3.63, 3.8) is 0 Å². The summed E-state index contributed by atoms with van der Waals surface area (Å²) in [7, 11) is -4.12. The average Bonchev–Trinajstić information content (AvgIpc) is 3.74. The number of hydrogen-bond acceptors (Lipinski definition) is 4. The number of sulfonamides is 1. The third-order valence-electron chi connectivity index (χ3n) is 8.18. The minimum absolute atomic E-state index is 0.0391. The Morgan fingerprint density at radius 2 is 1.64 bits per heavy atom.